The van der Waals surface area contributed by atoms with E-state index in [1.807, 2.05) is 31.2 Å². The van der Waals surface area contributed by atoms with Crippen LogP contribution in [0.3, 0.4) is 0 Å². The topological polar surface area (TPSA) is 29.5 Å². The Bertz CT molecular complexity index is 403. The number of rotatable bonds is 0. The molecule has 1 aromatic rings. The molecule has 84 valence electrons. The van der Waals surface area contributed by atoms with Crippen molar-refractivity contribution in [2.45, 2.75) is 25.4 Å². The van der Waals surface area contributed by atoms with Gasteiger partial charge in [0.15, 0.2) is 0 Å². The molecule has 0 unspecified atom stereocenters. The third-order valence-corrected chi connectivity index (χ3v) is 2.81. The monoisotopic (exact) mass is 216 g/mol. The standard InChI is InChI=1S/C14H16O2/c1-12-2-4-13(5-3-12)6-7-14(15)8-10-16-11-9-14/h2-5,15H,8-11H2,1H3. The summed E-state index contributed by atoms with van der Waals surface area (Å²) in [7, 11) is 0. The van der Waals surface area contributed by atoms with Gasteiger partial charge in [-0.2, -0.15) is 0 Å². The fourth-order valence-electron chi connectivity index (χ4n) is 1.66. The van der Waals surface area contributed by atoms with Crippen LogP contribution in [0, 0.1) is 18.8 Å². The summed E-state index contributed by atoms with van der Waals surface area (Å²) in [5.74, 6) is 5.99. The third kappa shape index (κ3) is 2.85. The molecule has 2 rings (SSSR count). The lowest BCUT2D eigenvalue weighted by molar-refractivity contribution is -0.0261. The molecule has 0 aromatic heterocycles. The second-order valence-corrected chi connectivity index (χ2v) is 4.26. The average molecular weight is 216 g/mol. The second kappa shape index (κ2) is 4.69. The Kier molecular flexibility index (Phi) is 3.28. The van der Waals surface area contributed by atoms with Gasteiger partial charge in [-0.3, -0.25) is 0 Å². The molecule has 0 saturated carbocycles. The molecule has 1 aliphatic heterocycles. The normalized spacial score (nSPS) is 18.6. The smallest absolute Gasteiger partial charge is 0.130 e. The molecule has 16 heavy (non-hydrogen) atoms. The molecule has 1 aromatic carbocycles. The van der Waals surface area contributed by atoms with E-state index in [1.165, 1.54) is 5.56 Å². The van der Waals surface area contributed by atoms with Gasteiger partial charge in [0.25, 0.3) is 0 Å². The minimum absolute atomic E-state index is 0.596. The molecule has 1 N–H and O–H groups in total. The van der Waals surface area contributed by atoms with Crippen molar-refractivity contribution in [2.75, 3.05) is 13.2 Å². The summed E-state index contributed by atoms with van der Waals surface area (Å²) in [5.41, 5.74) is 1.31. The van der Waals surface area contributed by atoms with Crippen molar-refractivity contribution < 1.29 is 9.84 Å². The molecule has 0 radical (unpaired) electrons. The molecule has 1 heterocycles. The van der Waals surface area contributed by atoms with Crippen molar-refractivity contribution in [3.8, 4) is 11.8 Å². The first-order valence-corrected chi connectivity index (χ1v) is 5.58. The van der Waals surface area contributed by atoms with E-state index in [9.17, 15) is 5.11 Å². The summed E-state index contributed by atoms with van der Waals surface area (Å²) in [6, 6.07) is 8.01. The Morgan fingerprint density at radius 3 is 2.44 bits per heavy atom. The Labute approximate surface area is 96.3 Å². The number of hydrogen-bond acceptors (Lipinski definition) is 2. The van der Waals surface area contributed by atoms with Gasteiger partial charge in [-0.25, -0.2) is 0 Å². The summed E-state index contributed by atoms with van der Waals surface area (Å²) < 4.78 is 5.20. The minimum Gasteiger partial charge on any atom is -0.381 e. The zero-order valence-electron chi connectivity index (χ0n) is 9.49. The molecule has 1 saturated heterocycles. The van der Waals surface area contributed by atoms with Crippen LogP contribution in [-0.4, -0.2) is 23.9 Å². The maximum absolute atomic E-state index is 10.1. The first kappa shape index (κ1) is 11.2. The lowest BCUT2D eigenvalue weighted by atomic mass is 9.95. The van der Waals surface area contributed by atoms with Gasteiger partial charge >= 0.3 is 0 Å². The maximum Gasteiger partial charge on any atom is 0.130 e. The van der Waals surface area contributed by atoms with Gasteiger partial charge in [-0.1, -0.05) is 29.5 Å². The van der Waals surface area contributed by atoms with Gasteiger partial charge in [-0.05, 0) is 19.1 Å². The van der Waals surface area contributed by atoms with E-state index in [1.54, 1.807) is 0 Å². The van der Waals surface area contributed by atoms with Crippen molar-refractivity contribution in [1.29, 1.82) is 0 Å². The van der Waals surface area contributed by atoms with Crippen LogP contribution < -0.4 is 0 Å². The van der Waals surface area contributed by atoms with Crippen LogP contribution in [0.1, 0.15) is 24.0 Å². The quantitative estimate of drug-likeness (QED) is 0.671. The fourth-order valence-corrected chi connectivity index (χ4v) is 1.66. The van der Waals surface area contributed by atoms with Crippen LogP contribution in [0.4, 0.5) is 0 Å². The van der Waals surface area contributed by atoms with Crippen LogP contribution in [-0.2, 0) is 4.74 Å². The van der Waals surface area contributed by atoms with Gasteiger partial charge in [0.2, 0.25) is 0 Å². The van der Waals surface area contributed by atoms with E-state index in [0.29, 0.717) is 26.1 Å². The van der Waals surface area contributed by atoms with Gasteiger partial charge in [0, 0.05) is 18.4 Å². The van der Waals surface area contributed by atoms with Crippen molar-refractivity contribution in [3.63, 3.8) is 0 Å². The molecule has 0 spiro atoms. The summed E-state index contributed by atoms with van der Waals surface area (Å²) in [6.45, 7) is 3.24. The second-order valence-electron chi connectivity index (χ2n) is 4.26. The molecule has 0 amide bonds. The third-order valence-electron chi connectivity index (χ3n) is 2.81. The van der Waals surface area contributed by atoms with Gasteiger partial charge in [0.05, 0.1) is 13.2 Å². The van der Waals surface area contributed by atoms with Crippen molar-refractivity contribution in [2.24, 2.45) is 0 Å². The van der Waals surface area contributed by atoms with Crippen molar-refractivity contribution in [1.82, 2.24) is 0 Å². The molecule has 0 aliphatic carbocycles. The zero-order valence-corrected chi connectivity index (χ0v) is 9.49. The first-order chi connectivity index (χ1) is 7.68. The van der Waals surface area contributed by atoms with Crippen molar-refractivity contribution in [3.05, 3.63) is 35.4 Å². The molecule has 0 bridgehead atoms. The van der Waals surface area contributed by atoms with E-state index in [4.69, 9.17) is 4.74 Å². The van der Waals surface area contributed by atoms with Gasteiger partial charge in [-0.15, -0.1) is 0 Å². The Morgan fingerprint density at radius 1 is 1.19 bits per heavy atom. The Morgan fingerprint density at radius 2 is 1.81 bits per heavy atom. The Hall–Kier alpha value is -1.30. The van der Waals surface area contributed by atoms with Crippen LogP contribution in [0.15, 0.2) is 24.3 Å². The summed E-state index contributed by atoms with van der Waals surface area (Å²) in [6.07, 6.45) is 1.21. The Balaban J connectivity index is 2.11. The number of aryl methyl sites for hydroxylation is 1. The molecule has 1 aliphatic rings. The number of ether oxygens (including phenoxy) is 1. The predicted molar refractivity (Wildman–Crippen MR) is 63.1 cm³/mol. The molecule has 0 atom stereocenters. The fraction of sp³-hybridized carbons (Fsp3) is 0.429. The van der Waals surface area contributed by atoms with E-state index < -0.39 is 5.60 Å². The lowest BCUT2D eigenvalue weighted by Gasteiger charge is -2.26. The molecule has 2 heteroatoms. The first-order valence-electron chi connectivity index (χ1n) is 5.58. The number of hydrogen-bond donors (Lipinski definition) is 1. The van der Waals surface area contributed by atoms with Crippen LogP contribution >= 0.6 is 0 Å². The van der Waals surface area contributed by atoms with Crippen LogP contribution in [0.5, 0.6) is 0 Å². The molecule has 2 nitrogen and oxygen atoms in total. The zero-order chi connectivity index (χ0) is 11.4. The average Bonchev–Trinajstić information content (AvgIpc) is 2.29. The van der Waals surface area contributed by atoms with E-state index in [2.05, 4.69) is 11.8 Å². The lowest BCUT2D eigenvalue weighted by Crippen LogP contribution is -2.34. The highest BCUT2D eigenvalue weighted by Gasteiger charge is 2.27. The maximum atomic E-state index is 10.1. The summed E-state index contributed by atoms with van der Waals surface area (Å²) in [5, 5.41) is 10.1. The highest BCUT2D eigenvalue weighted by molar-refractivity contribution is 5.37. The van der Waals surface area contributed by atoms with Crippen LogP contribution in [0.25, 0.3) is 0 Å². The van der Waals surface area contributed by atoms with E-state index in [0.717, 1.165) is 5.56 Å². The van der Waals surface area contributed by atoms with Gasteiger partial charge in [0.1, 0.15) is 5.60 Å². The minimum atomic E-state index is -0.858. The van der Waals surface area contributed by atoms with E-state index >= 15 is 0 Å². The highest BCUT2D eigenvalue weighted by Crippen LogP contribution is 2.19. The molecular weight excluding hydrogens is 200 g/mol. The SMILES string of the molecule is Cc1ccc(C#CC2(O)CCOCC2)cc1. The summed E-state index contributed by atoms with van der Waals surface area (Å²) >= 11 is 0. The number of benzene rings is 1. The number of aliphatic hydroxyl groups is 1. The molecular formula is C14H16O2. The molecule has 1 fully saturated rings. The predicted octanol–water partition coefficient (Wildman–Crippen LogP) is 1.89. The highest BCUT2D eigenvalue weighted by atomic mass is 16.5. The van der Waals surface area contributed by atoms with Crippen molar-refractivity contribution >= 4 is 0 Å². The van der Waals surface area contributed by atoms with Crippen LogP contribution in [0.2, 0.25) is 0 Å². The summed E-state index contributed by atoms with van der Waals surface area (Å²) in [4.78, 5) is 0. The van der Waals surface area contributed by atoms with E-state index in [-0.39, 0.29) is 0 Å². The largest absolute Gasteiger partial charge is 0.381 e. The van der Waals surface area contributed by atoms with Gasteiger partial charge < -0.3 is 9.84 Å².